The molecule has 34 heavy (non-hydrogen) atoms. The van der Waals surface area contributed by atoms with E-state index in [4.69, 9.17) is 9.47 Å². The summed E-state index contributed by atoms with van der Waals surface area (Å²) >= 11 is 0. The fourth-order valence-electron chi connectivity index (χ4n) is 4.09. The third kappa shape index (κ3) is 5.90. The summed E-state index contributed by atoms with van der Waals surface area (Å²) in [5.74, 6) is -4.36. The molecule has 7 heteroatoms. The number of esters is 1. The van der Waals surface area contributed by atoms with Crippen LogP contribution >= 0.6 is 0 Å². The number of allylic oxidation sites excluding steroid dienone is 2. The van der Waals surface area contributed by atoms with E-state index >= 15 is 0 Å². The predicted molar refractivity (Wildman–Crippen MR) is 123 cm³/mol. The Kier molecular flexibility index (Phi) is 8.21. The lowest BCUT2D eigenvalue weighted by molar-refractivity contribution is -0.145. The zero-order valence-corrected chi connectivity index (χ0v) is 19.0. The van der Waals surface area contributed by atoms with Crippen LogP contribution in [0.1, 0.15) is 44.1 Å². The van der Waals surface area contributed by atoms with Crippen LogP contribution < -0.4 is 0 Å². The summed E-state index contributed by atoms with van der Waals surface area (Å²) < 4.78 is 53.9. The molecule has 0 unspecified atom stereocenters. The van der Waals surface area contributed by atoms with Crippen LogP contribution in [0, 0.1) is 17.6 Å². The van der Waals surface area contributed by atoms with Gasteiger partial charge in [0.1, 0.15) is 11.5 Å². The van der Waals surface area contributed by atoms with Crippen LogP contribution in [0.3, 0.4) is 0 Å². The van der Waals surface area contributed by atoms with Crippen molar-refractivity contribution >= 4 is 5.97 Å². The molecule has 1 N–H and O–H groups in total. The standard InChI is InChI=1S/C27H27F3O4/c1-4-33-16(2)15-24(28)17(3)34-27(32)20-7-5-18(6-8-20)22-13-14-23(26(30)25(22)29)19-9-11-21(31)12-10-19/h9-15,18,20,31H,2-8H2,1H3/b24-15+. The fraction of sp³-hybridized carbons (Fsp3) is 0.296. The number of ether oxygens (including phenoxy) is 2. The molecule has 3 rings (SSSR count). The Morgan fingerprint density at radius 2 is 1.71 bits per heavy atom. The van der Waals surface area contributed by atoms with Crippen LogP contribution in [0.2, 0.25) is 0 Å². The van der Waals surface area contributed by atoms with Gasteiger partial charge in [-0.2, -0.15) is 0 Å². The minimum atomic E-state index is -0.947. The summed E-state index contributed by atoms with van der Waals surface area (Å²) in [5, 5.41) is 9.40. The van der Waals surface area contributed by atoms with Gasteiger partial charge < -0.3 is 14.6 Å². The molecule has 0 bridgehead atoms. The van der Waals surface area contributed by atoms with Gasteiger partial charge in [-0.25, -0.2) is 13.2 Å². The molecule has 180 valence electrons. The summed E-state index contributed by atoms with van der Waals surface area (Å²) in [6.45, 7) is 9.01. The minimum absolute atomic E-state index is 0.0369. The van der Waals surface area contributed by atoms with E-state index in [0.717, 1.165) is 6.08 Å². The van der Waals surface area contributed by atoms with Gasteiger partial charge in [-0.3, -0.25) is 4.79 Å². The third-order valence-corrected chi connectivity index (χ3v) is 5.90. The maximum Gasteiger partial charge on any atom is 0.314 e. The van der Waals surface area contributed by atoms with Crippen molar-refractivity contribution in [1.82, 2.24) is 0 Å². The molecule has 1 aliphatic carbocycles. The monoisotopic (exact) mass is 472 g/mol. The van der Waals surface area contributed by atoms with Crippen molar-refractivity contribution in [3.8, 4) is 16.9 Å². The Morgan fingerprint density at radius 1 is 1.06 bits per heavy atom. The molecule has 0 amide bonds. The van der Waals surface area contributed by atoms with Crippen LogP contribution in [0.15, 0.2) is 73.0 Å². The number of halogens is 3. The van der Waals surface area contributed by atoms with E-state index < -0.39 is 35.1 Å². The summed E-state index contributed by atoms with van der Waals surface area (Å²) in [4.78, 5) is 12.4. The van der Waals surface area contributed by atoms with Crippen LogP contribution in [0.25, 0.3) is 11.1 Å². The molecule has 2 aromatic carbocycles. The van der Waals surface area contributed by atoms with Crippen LogP contribution in [0.4, 0.5) is 13.2 Å². The zero-order valence-electron chi connectivity index (χ0n) is 19.0. The van der Waals surface area contributed by atoms with Gasteiger partial charge in [0.15, 0.2) is 23.2 Å². The summed E-state index contributed by atoms with van der Waals surface area (Å²) in [5.41, 5.74) is 0.831. The van der Waals surface area contributed by atoms with E-state index in [1.54, 1.807) is 13.0 Å². The Hall–Kier alpha value is -3.48. The lowest BCUT2D eigenvalue weighted by Gasteiger charge is -2.28. The Balaban J connectivity index is 1.61. The molecule has 0 radical (unpaired) electrons. The minimum Gasteiger partial charge on any atom is -0.508 e. The lowest BCUT2D eigenvalue weighted by atomic mass is 9.78. The normalized spacial score (nSPS) is 18.3. The zero-order chi connectivity index (χ0) is 24.8. The van der Waals surface area contributed by atoms with Crippen molar-refractivity contribution in [2.24, 2.45) is 5.92 Å². The Morgan fingerprint density at radius 3 is 2.32 bits per heavy atom. The number of hydrogen-bond donors (Lipinski definition) is 1. The number of phenols is 1. The van der Waals surface area contributed by atoms with E-state index in [1.807, 2.05) is 0 Å². The third-order valence-electron chi connectivity index (χ3n) is 5.90. The van der Waals surface area contributed by atoms with Crippen LogP contribution in [-0.2, 0) is 14.3 Å². The lowest BCUT2D eigenvalue weighted by Crippen LogP contribution is -2.23. The number of rotatable bonds is 8. The van der Waals surface area contributed by atoms with Crippen molar-refractivity contribution in [3.63, 3.8) is 0 Å². The first-order valence-electron chi connectivity index (χ1n) is 11.1. The predicted octanol–water partition coefficient (Wildman–Crippen LogP) is 7.07. The highest BCUT2D eigenvalue weighted by Crippen LogP contribution is 2.39. The average Bonchev–Trinajstić information content (AvgIpc) is 2.81. The molecule has 1 aliphatic rings. The largest absolute Gasteiger partial charge is 0.508 e. The molecular formula is C27H27F3O4. The van der Waals surface area contributed by atoms with Gasteiger partial charge in [0.25, 0.3) is 0 Å². The van der Waals surface area contributed by atoms with Crippen molar-refractivity contribution in [2.45, 2.75) is 38.5 Å². The van der Waals surface area contributed by atoms with Gasteiger partial charge >= 0.3 is 5.97 Å². The van der Waals surface area contributed by atoms with Gasteiger partial charge in [0.2, 0.25) is 0 Å². The molecule has 0 spiro atoms. The molecule has 2 aromatic rings. The van der Waals surface area contributed by atoms with E-state index in [1.165, 1.54) is 30.3 Å². The number of benzene rings is 2. The van der Waals surface area contributed by atoms with Crippen molar-refractivity contribution in [2.75, 3.05) is 6.61 Å². The van der Waals surface area contributed by atoms with Crippen LogP contribution in [0.5, 0.6) is 5.75 Å². The first kappa shape index (κ1) is 25.1. The molecule has 0 saturated heterocycles. The highest BCUT2D eigenvalue weighted by molar-refractivity contribution is 5.74. The molecular weight excluding hydrogens is 445 g/mol. The Labute approximate surface area is 197 Å². The van der Waals surface area contributed by atoms with Gasteiger partial charge in [-0.1, -0.05) is 37.4 Å². The molecule has 0 aliphatic heterocycles. The molecule has 0 atom stereocenters. The highest BCUT2D eigenvalue weighted by Gasteiger charge is 2.31. The molecule has 0 heterocycles. The molecule has 0 aromatic heterocycles. The van der Waals surface area contributed by atoms with Gasteiger partial charge in [-0.15, -0.1) is 0 Å². The van der Waals surface area contributed by atoms with Crippen molar-refractivity contribution in [3.05, 3.63) is 90.2 Å². The van der Waals surface area contributed by atoms with E-state index in [9.17, 15) is 23.1 Å². The SMILES string of the molecule is C=C(/C=C(/F)C(=C)OC(=O)C1CCC(c2ccc(-c3ccc(O)cc3)c(F)c2F)CC1)OCC. The van der Waals surface area contributed by atoms with Crippen molar-refractivity contribution in [1.29, 1.82) is 0 Å². The number of phenolic OH excluding ortho intramolecular Hbond substituents is 1. The number of carbonyl (C=O) groups is 1. The quantitative estimate of drug-likeness (QED) is 0.254. The number of hydrogen-bond acceptors (Lipinski definition) is 4. The van der Waals surface area contributed by atoms with E-state index in [2.05, 4.69) is 13.2 Å². The number of aromatic hydroxyl groups is 1. The second-order valence-corrected chi connectivity index (χ2v) is 8.16. The average molecular weight is 473 g/mol. The fourth-order valence-corrected chi connectivity index (χ4v) is 4.09. The van der Waals surface area contributed by atoms with Gasteiger partial charge in [0, 0.05) is 11.6 Å². The molecule has 1 fully saturated rings. The molecule has 4 nitrogen and oxygen atoms in total. The molecule has 1 saturated carbocycles. The summed E-state index contributed by atoms with van der Waals surface area (Å²) in [6, 6.07) is 8.94. The summed E-state index contributed by atoms with van der Waals surface area (Å²) in [7, 11) is 0. The summed E-state index contributed by atoms with van der Waals surface area (Å²) in [6.07, 6.45) is 2.71. The highest BCUT2D eigenvalue weighted by atomic mass is 19.2. The van der Waals surface area contributed by atoms with Gasteiger partial charge in [-0.05, 0) is 61.8 Å². The maximum atomic E-state index is 14.9. The number of carbonyl (C=O) groups excluding carboxylic acids is 1. The Bertz CT molecular complexity index is 1100. The van der Waals surface area contributed by atoms with Gasteiger partial charge in [0.05, 0.1) is 12.5 Å². The van der Waals surface area contributed by atoms with E-state index in [0.29, 0.717) is 37.9 Å². The van der Waals surface area contributed by atoms with Crippen LogP contribution in [-0.4, -0.2) is 17.7 Å². The maximum absolute atomic E-state index is 14.9. The smallest absolute Gasteiger partial charge is 0.314 e. The second kappa shape index (κ2) is 11.1. The van der Waals surface area contributed by atoms with E-state index in [-0.39, 0.29) is 28.6 Å². The first-order chi connectivity index (χ1) is 16.2. The van der Waals surface area contributed by atoms with Crippen molar-refractivity contribution < 1.29 is 32.5 Å². The first-order valence-corrected chi connectivity index (χ1v) is 11.1. The topological polar surface area (TPSA) is 55.8 Å². The second-order valence-electron chi connectivity index (χ2n) is 8.16.